The van der Waals surface area contributed by atoms with Crippen molar-refractivity contribution >= 4 is 27.5 Å². The van der Waals surface area contributed by atoms with Gasteiger partial charge in [-0.05, 0) is 38.5 Å². The molecule has 0 saturated carbocycles. The SMILES string of the molecule is COc1cc(-n2cccc2)c(Cl)cc1C(=O)N1CCCN(S(=O)(=O)c2c(C)noc2C)CC1. The van der Waals surface area contributed by atoms with Crippen LogP contribution in [0, 0.1) is 13.8 Å². The number of carbonyl (C=O) groups excluding carboxylic acids is 1. The number of nitrogens with zero attached hydrogens (tertiary/aromatic N) is 4. The summed E-state index contributed by atoms with van der Waals surface area (Å²) in [6.07, 6.45) is 4.20. The molecule has 3 aromatic rings. The van der Waals surface area contributed by atoms with Crippen LogP contribution in [0.1, 0.15) is 28.2 Å². The molecule has 33 heavy (non-hydrogen) atoms. The standard InChI is InChI=1S/C22H25ClN4O5S/c1-15-21(16(2)32-24-15)33(29,30)27-10-6-9-26(11-12-27)22(28)17-13-18(23)19(14-20(17)31-3)25-7-4-5-8-25/h4-5,7-8,13-14H,6,9-12H2,1-3H3. The summed E-state index contributed by atoms with van der Waals surface area (Å²) in [5, 5.41) is 4.17. The molecule has 0 spiro atoms. The van der Waals surface area contributed by atoms with Gasteiger partial charge in [0.15, 0.2) is 5.76 Å². The molecule has 4 rings (SSSR count). The third-order valence-electron chi connectivity index (χ3n) is 5.69. The quantitative estimate of drug-likeness (QED) is 0.542. The van der Waals surface area contributed by atoms with Crippen molar-refractivity contribution in [1.82, 2.24) is 18.9 Å². The van der Waals surface area contributed by atoms with Crippen molar-refractivity contribution in [3.63, 3.8) is 0 Å². The van der Waals surface area contributed by atoms with Crippen LogP contribution in [0.15, 0.2) is 46.1 Å². The van der Waals surface area contributed by atoms with E-state index in [0.717, 1.165) is 0 Å². The Morgan fingerprint density at radius 2 is 1.85 bits per heavy atom. The Balaban J connectivity index is 1.56. The van der Waals surface area contributed by atoms with Gasteiger partial charge in [0.25, 0.3) is 5.91 Å². The Kier molecular flexibility index (Phi) is 6.51. The first-order chi connectivity index (χ1) is 15.7. The Bertz CT molecular complexity index is 1250. The van der Waals surface area contributed by atoms with Crippen molar-refractivity contribution in [2.24, 2.45) is 0 Å². The lowest BCUT2D eigenvalue weighted by atomic mass is 10.1. The molecule has 2 aromatic heterocycles. The van der Waals surface area contributed by atoms with Crippen molar-refractivity contribution in [1.29, 1.82) is 0 Å². The summed E-state index contributed by atoms with van der Waals surface area (Å²) in [5.41, 5.74) is 1.36. The first-order valence-electron chi connectivity index (χ1n) is 10.5. The first kappa shape index (κ1) is 23.3. The molecule has 176 valence electrons. The number of hydrogen-bond donors (Lipinski definition) is 0. The fourth-order valence-corrected chi connectivity index (χ4v) is 6.07. The minimum Gasteiger partial charge on any atom is -0.496 e. The molecule has 0 aliphatic carbocycles. The van der Waals surface area contributed by atoms with Gasteiger partial charge in [-0.2, -0.15) is 4.31 Å². The largest absolute Gasteiger partial charge is 0.496 e. The smallest absolute Gasteiger partial charge is 0.257 e. The molecule has 9 nitrogen and oxygen atoms in total. The van der Waals surface area contributed by atoms with Gasteiger partial charge in [0, 0.05) is 44.6 Å². The van der Waals surface area contributed by atoms with Crippen LogP contribution in [0.2, 0.25) is 5.02 Å². The first-order valence-corrected chi connectivity index (χ1v) is 12.3. The number of ether oxygens (including phenoxy) is 1. The van der Waals surface area contributed by atoms with Gasteiger partial charge < -0.3 is 18.7 Å². The number of methoxy groups -OCH3 is 1. The van der Waals surface area contributed by atoms with Crippen LogP contribution in [-0.4, -0.2) is 66.5 Å². The van der Waals surface area contributed by atoms with Crippen LogP contribution in [0.3, 0.4) is 0 Å². The number of carbonyl (C=O) groups is 1. The number of amides is 1. The fourth-order valence-electron chi connectivity index (χ4n) is 4.05. The van der Waals surface area contributed by atoms with E-state index in [2.05, 4.69) is 5.16 Å². The molecule has 1 saturated heterocycles. The minimum atomic E-state index is -3.78. The summed E-state index contributed by atoms with van der Waals surface area (Å²) >= 11 is 6.49. The number of benzene rings is 1. The van der Waals surface area contributed by atoms with E-state index < -0.39 is 10.0 Å². The third kappa shape index (κ3) is 4.38. The maximum atomic E-state index is 13.4. The molecule has 1 amide bonds. The molecule has 0 unspecified atom stereocenters. The monoisotopic (exact) mass is 492 g/mol. The van der Waals surface area contributed by atoms with Gasteiger partial charge in [0.05, 0.1) is 23.4 Å². The highest BCUT2D eigenvalue weighted by atomic mass is 35.5. The lowest BCUT2D eigenvalue weighted by Gasteiger charge is -2.23. The number of aryl methyl sites for hydroxylation is 2. The molecule has 3 heterocycles. The van der Waals surface area contributed by atoms with Crippen LogP contribution in [0.5, 0.6) is 5.75 Å². The molecule has 1 aliphatic rings. The van der Waals surface area contributed by atoms with Gasteiger partial charge >= 0.3 is 0 Å². The molecule has 0 radical (unpaired) electrons. The lowest BCUT2D eigenvalue weighted by Crippen LogP contribution is -2.37. The highest BCUT2D eigenvalue weighted by Crippen LogP contribution is 2.31. The van der Waals surface area contributed by atoms with Gasteiger partial charge in [0.2, 0.25) is 10.0 Å². The van der Waals surface area contributed by atoms with Crippen molar-refractivity contribution < 1.29 is 22.5 Å². The van der Waals surface area contributed by atoms with Gasteiger partial charge in [-0.3, -0.25) is 4.79 Å². The fraction of sp³-hybridized carbons (Fsp3) is 0.364. The minimum absolute atomic E-state index is 0.0938. The Morgan fingerprint density at radius 3 is 2.48 bits per heavy atom. The van der Waals surface area contributed by atoms with Crippen molar-refractivity contribution in [2.75, 3.05) is 33.3 Å². The van der Waals surface area contributed by atoms with E-state index in [1.807, 2.05) is 29.1 Å². The van der Waals surface area contributed by atoms with Gasteiger partial charge in [-0.25, -0.2) is 8.42 Å². The second-order valence-corrected chi connectivity index (χ2v) is 10.1. The third-order valence-corrected chi connectivity index (χ3v) is 8.14. The van der Waals surface area contributed by atoms with E-state index in [9.17, 15) is 13.2 Å². The highest BCUT2D eigenvalue weighted by Gasteiger charge is 2.33. The zero-order valence-electron chi connectivity index (χ0n) is 18.6. The maximum Gasteiger partial charge on any atom is 0.257 e. The van der Waals surface area contributed by atoms with E-state index in [1.54, 1.807) is 30.9 Å². The van der Waals surface area contributed by atoms with Crippen molar-refractivity contribution in [3.8, 4) is 11.4 Å². The zero-order valence-corrected chi connectivity index (χ0v) is 20.2. The van der Waals surface area contributed by atoms with Crippen molar-refractivity contribution in [3.05, 3.63) is 58.7 Å². The second kappa shape index (κ2) is 9.20. The predicted molar refractivity (Wildman–Crippen MR) is 123 cm³/mol. The predicted octanol–water partition coefficient (Wildman–Crippen LogP) is 3.28. The topological polar surface area (TPSA) is 97.9 Å². The lowest BCUT2D eigenvalue weighted by molar-refractivity contribution is 0.0761. The molecule has 1 fully saturated rings. The van der Waals surface area contributed by atoms with E-state index in [4.69, 9.17) is 20.9 Å². The maximum absolute atomic E-state index is 13.4. The second-order valence-electron chi connectivity index (χ2n) is 7.80. The summed E-state index contributed by atoms with van der Waals surface area (Å²) in [5.74, 6) is 0.397. The molecule has 11 heteroatoms. The zero-order chi connectivity index (χ0) is 23.8. The summed E-state index contributed by atoms with van der Waals surface area (Å²) in [6.45, 7) is 4.28. The molecule has 1 aliphatic heterocycles. The highest BCUT2D eigenvalue weighted by molar-refractivity contribution is 7.89. The van der Waals surface area contributed by atoms with Crippen LogP contribution < -0.4 is 4.74 Å². The molecule has 0 bridgehead atoms. The van der Waals surface area contributed by atoms with Crippen LogP contribution in [0.25, 0.3) is 5.69 Å². The average Bonchev–Trinajstić information content (AvgIpc) is 3.35. The molecule has 0 atom stereocenters. The van der Waals surface area contributed by atoms with Gasteiger partial charge in [-0.15, -0.1) is 0 Å². The average molecular weight is 493 g/mol. The number of halogens is 1. The van der Waals surface area contributed by atoms with E-state index in [1.165, 1.54) is 11.4 Å². The van der Waals surface area contributed by atoms with Gasteiger partial charge in [-0.1, -0.05) is 16.8 Å². The summed E-state index contributed by atoms with van der Waals surface area (Å²) in [7, 11) is -2.28. The summed E-state index contributed by atoms with van der Waals surface area (Å²) in [6, 6.07) is 7.08. The molecule has 0 N–H and O–H groups in total. The van der Waals surface area contributed by atoms with Crippen LogP contribution in [0.4, 0.5) is 0 Å². The number of hydrogen-bond acceptors (Lipinski definition) is 6. The Labute approximate surface area is 197 Å². The molecular weight excluding hydrogens is 468 g/mol. The number of aromatic nitrogens is 2. The Hall–Kier alpha value is -2.82. The van der Waals surface area contributed by atoms with E-state index in [0.29, 0.717) is 47.2 Å². The summed E-state index contributed by atoms with van der Waals surface area (Å²) < 4.78 is 40.1. The van der Waals surface area contributed by atoms with E-state index >= 15 is 0 Å². The van der Waals surface area contributed by atoms with E-state index in [-0.39, 0.29) is 29.7 Å². The summed E-state index contributed by atoms with van der Waals surface area (Å²) in [4.78, 5) is 15.1. The van der Waals surface area contributed by atoms with Crippen LogP contribution >= 0.6 is 11.6 Å². The number of rotatable bonds is 5. The van der Waals surface area contributed by atoms with Crippen molar-refractivity contribution in [2.45, 2.75) is 25.2 Å². The van der Waals surface area contributed by atoms with Crippen LogP contribution in [-0.2, 0) is 10.0 Å². The Morgan fingerprint density at radius 1 is 1.12 bits per heavy atom. The number of sulfonamides is 1. The molecule has 1 aromatic carbocycles. The van der Waals surface area contributed by atoms with Gasteiger partial charge in [0.1, 0.15) is 16.3 Å². The molecular formula is C22H25ClN4O5S. The normalized spacial score (nSPS) is 15.5.